The maximum atomic E-state index is 12.9. The van der Waals surface area contributed by atoms with Crippen LogP contribution in [0.3, 0.4) is 0 Å². The summed E-state index contributed by atoms with van der Waals surface area (Å²) >= 11 is 0. The number of rotatable bonds is 3. The normalized spacial score (nSPS) is 19.5. The van der Waals surface area contributed by atoms with E-state index in [1.807, 2.05) is 30.6 Å². The Bertz CT molecular complexity index is 771. The lowest BCUT2D eigenvalue weighted by atomic mass is 9.90. The molecule has 0 N–H and O–H groups in total. The number of benzene rings is 1. The fourth-order valence-electron chi connectivity index (χ4n) is 4.25. The van der Waals surface area contributed by atoms with Gasteiger partial charge in [-0.05, 0) is 30.5 Å². The highest BCUT2D eigenvalue weighted by atomic mass is 19.4. The summed E-state index contributed by atoms with van der Waals surface area (Å²) in [5.41, 5.74) is -0.203. The molecule has 0 radical (unpaired) electrons. The van der Waals surface area contributed by atoms with E-state index in [9.17, 15) is 22.8 Å². The van der Waals surface area contributed by atoms with Crippen molar-refractivity contribution in [3.05, 3.63) is 35.4 Å². The second-order valence-corrected chi connectivity index (χ2v) is 9.61. The fraction of sp³-hybridized carbons (Fsp3) is 0.652. The standard InChI is InChI=1S/C23H32F3N3O2/c1-22(2,3)21(31)29-10-8-18(9-11-29)20(30)28-14-12-27(13-15-28)16-17-4-6-19(7-5-17)23(24,25)26/h4-7,18H,8-16H2,1-3H3. The summed E-state index contributed by atoms with van der Waals surface area (Å²) in [6.45, 7) is 10.2. The van der Waals surface area contributed by atoms with Gasteiger partial charge in [0, 0.05) is 57.1 Å². The maximum Gasteiger partial charge on any atom is 0.416 e. The van der Waals surface area contributed by atoms with E-state index in [1.54, 1.807) is 0 Å². The Morgan fingerprint density at radius 2 is 1.42 bits per heavy atom. The van der Waals surface area contributed by atoms with Crippen molar-refractivity contribution in [3.8, 4) is 0 Å². The summed E-state index contributed by atoms with van der Waals surface area (Å²) in [5.74, 6) is 0.262. The first-order chi connectivity index (χ1) is 14.4. The molecular formula is C23H32F3N3O2. The first kappa shape index (κ1) is 23.6. The van der Waals surface area contributed by atoms with Gasteiger partial charge in [-0.2, -0.15) is 13.2 Å². The van der Waals surface area contributed by atoms with Gasteiger partial charge in [0.1, 0.15) is 0 Å². The molecule has 0 unspecified atom stereocenters. The predicted octanol–water partition coefficient (Wildman–Crippen LogP) is 3.63. The molecule has 172 valence electrons. The molecule has 2 amide bonds. The number of nitrogens with zero attached hydrogens (tertiary/aromatic N) is 3. The van der Waals surface area contributed by atoms with Gasteiger partial charge in [-0.1, -0.05) is 32.9 Å². The number of piperidine rings is 1. The van der Waals surface area contributed by atoms with Crippen molar-refractivity contribution in [2.75, 3.05) is 39.3 Å². The first-order valence-electron chi connectivity index (χ1n) is 10.9. The minimum atomic E-state index is -4.32. The number of hydrogen-bond donors (Lipinski definition) is 0. The molecule has 0 spiro atoms. The highest BCUT2D eigenvalue weighted by molar-refractivity contribution is 5.82. The molecule has 2 saturated heterocycles. The fourth-order valence-corrected chi connectivity index (χ4v) is 4.25. The SMILES string of the molecule is CC(C)(C)C(=O)N1CCC(C(=O)N2CCN(Cc3ccc(C(F)(F)F)cc3)CC2)CC1. The van der Waals surface area contributed by atoms with Crippen LogP contribution in [0.2, 0.25) is 0 Å². The van der Waals surface area contributed by atoms with Crippen molar-refractivity contribution < 1.29 is 22.8 Å². The maximum absolute atomic E-state index is 12.9. The van der Waals surface area contributed by atoms with Gasteiger partial charge in [0.05, 0.1) is 5.56 Å². The van der Waals surface area contributed by atoms with Crippen molar-refractivity contribution in [1.29, 1.82) is 0 Å². The van der Waals surface area contributed by atoms with Crippen LogP contribution in [0.15, 0.2) is 24.3 Å². The molecule has 2 aliphatic heterocycles. The molecule has 1 aromatic rings. The van der Waals surface area contributed by atoms with Gasteiger partial charge < -0.3 is 9.80 Å². The van der Waals surface area contributed by atoms with E-state index in [-0.39, 0.29) is 17.7 Å². The number of carbonyl (C=O) groups is 2. The molecule has 2 fully saturated rings. The van der Waals surface area contributed by atoms with Crippen molar-refractivity contribution in [1.82, 2.24) is 14.7 Å². The molecule has 0 saturated carbocycles. The Balaban J connectivity index is 1.44. The molecule has 5 nitrogen and oxygen atoms in total. The Morgan fingerprint density at radius 1 is 0.871 bits per heavy atom. The number of halogens is 3. The minimum Gasteiger partial charge on any atom is -0.342 e. The van der Waals surface area contributed by atoms with Crippen LogP contribution < -0.4 is 0 Å². The second-order valence-electron chi connectivity index (χ2n) is 9.61. The number of alkyl halides is 3. The Morgan fingerprint density at radius 3 is 1.90 bits per heavy atom. The highest BCUT2D eigenvalue weighted by Gasteiger charge is 2.34. The van der Waals surface area contributed by atoms with Crippen LogP contribution in [0.5, 0.6) is 0 Å². The predicted molar refractivity (Wildman–Crippen MR) is 112 cm³/mol. The average Bonchev–Trinajstić information content (AvgIpc) is 2.72. The van der Waals surface area contributed by atoms with Crippen LogP contribution in [-0.2, 0) is 22.3 Å². The van der Waals surface area contributed by atoms with E-state index in [4.69, 9.17) is 0 Å². The number of piperazine rings is 1. The summed E-state index contributed by atoms with van der Waals surface area (Å²) < 4.78 is 38.1. The van der Waals surface area contributed by atoms with Gasteiger partial charge in [-0.3, -0.25) is 14.5 Å². The minimum absolute atomic E-state index is 0.0366. The Hall–Kier alpha value is -2.09. The lowest BCUT2D eigenvalue weighted by Gasteiger charge is -2.39. The lowest BCUT2D eigenvalue weighted by Crippen LogP contribution is -2.52. The molecule has 2 heterocycles. The zero-order valence-electron chi connectivity index (χ0n) is 18.5. The Labute approximate surface area is 182 Å². The van der Waals surface area contributed by atoms with Crippen LogP contribution in [0.4, 0.5) is 13.2 Å². The van der Waals surface area contributed by atoms with Gasteiger partial charge in [-0.25, -0.2) is 0 Å². The van der Waals surface area contributed by atoms with Gasteiger partial charge in [0.2, 0.25) is 11.8 Å². The van der Waals surface area contributed by atoms with Gasteiger partial charge in [-0.15, -0.1) is 0 Å². The molecule has 0 aliphatic carbocycles. The molecule has 8 heteroatoms. The van der Waals surface area contributed by atoms with E-state index < -0.39 is 17.2 Å². The van der Waals surface area contributed by atoms with Crippen molar-refractivity contribution in [2.24, 2.45) is 11.3 Å². The van der Waals surface area contributed by atoms with Crippen LogP contribution in [-0.4, -0.2) is 65.8 Å². The van der Waals surface area contributed by atoms with E-state index in [1.165, 1.54) is 12.1 Å². The molecule has 0 bridgehead atoms. The van der Waals surface area contributed by atoms with E-state index >= 15 is 0 Å². The quantitative estimate of drug-likeness (QED) is 0.723. The zero-order valence-corrected chi connectivity index (χ0v) is 18.5. The van der Waals surface area contributed by atoms with Crippen LogP contribution in [0.1, 0.15) is 44.7 Å². The average molecular weight is 440 g/mol. The van der Waals surface area contributed by atoms with E-state index in [2.05, 4.69) is 4.90 Å². The third-order valence-corrected chi connectivity index (χ3v) is 6.14. The monoisotopic (exact) mass is 439 g/mol. The van der Waals surface area contributed by atoms with Crippen LogP contribution in [0.25, 0.3) is 0 Å². The molecule has 0 aromatic heterocycles. The van der Waals surface area contributed by atoms with E-state index in [0.717, 1.165) is 17.7 Å². The molecule has 2 aliphatic rings. The van der Waals surface area contributed by atoms with Gasteiger partial charge in [0.25, 0.3) is 0 Å². The smallest absolute Gasteiger partial charge is 0.342 e. The summed E-state index contributed by atoms with van der Waals surface area (Å²) in [6, 6.07) is 5.28. The largest absolute Gasteiger partial charge is 0.416 e. The highest BCUT2D eigenvalue weighted by Crippen LogP contribution is 2.29. The molecule has 1 aromatic carbocycles. The number of likely N-dealkylation sites (tertiary alicyclic amines) is 1. The van der Waals surface area contributed by atoms with Gasteiger partial charge >= 0.3 is 6.18 Å². The summed E-state index contributed by atoms with van der Waals surface area (Å²) in [5, 5.41) is 0. The van der Waals surface area contributed by atoms with Crippen LogP contribution >= 0.6 is 0 Å². The summed E-state index contributed by atoms with van der Waals surface area (Å²) in [4.78, 5) is 31.3. The van der Waals surface area contributed by atoms with Gasteiger partial charge in [0.15, 0.2) is 0 Å². The topological polar surface area (TPSA) is 43.9 Å². The number of carbonyl (C=O) groups excluding carboxylic acids is 2. The second kappa shape index (κ2) is 9.18. The van der Waals surface area contributed by atoms with Crippen LogP contribution in [0, 0.1) is 11.3 Å². The lowest BCUT2D eigenvalue weighted by molar-refractivity contribution is -0.145. The molecule has 0 atom stereocenters. The van der Waals surface area contributed by atoms with E-state index in [0.29, 0.717) is 58.7 Å². The summed E-state index contributed by atoms with van der Waals surface area (Å²) in [7, 11) is 0. The number of hydrogen-bond acceptors (Lipinski definition) is 3. The molecule has 31 heavy (non-hydrogen) atoms. The zero-order chi connectivity index (χ0) is 22.8. The summed E-state index contributed by atoms with van der Waals surface area (Å²) in [6.07, 6.45) is -2.92. The third-order valence-electron chi connectivity index (χ3n) is 6.14. The molecule has 3 rings (SSSR count). The van der Waals surface area contributed by atoms with Crippen molar-refractivity contribution in [2.45, 2.75) is 46.3 Å². The van der Waals surface area contributed by atoms with Crippen molar-refractivity contribution in [3.63, 3.8) is 0 Å². The number of amides is 2. The third kappa shape index (κ3) is 5.99. The first-order valence-corrected chi connectivity index (χ1v) is 10.9. The Kier molecular flexibility index (Phi) is 6.98. The van der Waals surface area contributed by atoms with Crippen molar-refractivity contribution >= 4 is 11.8 Å². The molecular weight excluding hydrogens is 407 g/mol.